The predicted molar refractivity (Wildman–Crippen MR) is 123 cm³/mol. The van der Waals surface area contributed by atoms with E-state index in [4.69, 9.17) is 9.47 Å². The van der Waals surface area contributed by atoms with Gasteiger partial charge >= 0.3 is 6.18 Å². The first-order chi connectivity index (χ1) is 15.8. The van der Waals surface area contributed by atoms with Gasteiger partial charge in [-0.1, -0.05) is 35.2 Å². The molecule has 10 heteroatoms. The highest BCUT2D eigenvalue weighted by Gasteiger charge is 2.30. The van der Waals surface area contributed by atoms with Crippen LogP contribution in [0.5, 0.6) is 11.5 Å². The SMILES string of the molecule is COc1cc2nc(NC(=O)c3ccccc3Sc3ccc(C(F)(F)F)cc3)sc2cc1OC. The molecular formula is C23H17F3N2O3S2. The van der Waals surface area contributed by atoms with Crippen molar-refractivity contribution in [2.24, 2.45) is 0 Å². The monoisotopic (exact) mass is 490 g/mol. The van der Waals surface area contributed by atoms with Crippen LogP contribution in [0.4, 0.5) is 18.3 Å². The van der Waals surface area contributed by atoms with Gasteiger partial charge in [-0.05, 0) is 36.4 Å². The van der Waals surface area contributed by atoms with Gasteiger partial charge in [0.05, 0.1) is 35.6 Å². The molecule has 0 aliphatic carbocycles. The van der Waals surface area contributed by atoms with E-state index in [0.717, 1.165) is 16.8 Å². The number of carbonyl (C=O) groups is 1. The van der Waals surface area contributed by atoms with E-state index in [1.165, 1.54) is 42.3 Å². The average Bonchev–Trinajstić information content (AvgIpc) is 3.19. The summed E-state index contributed by atoms with van der Waals surface area (Å²) in [6.45, 7) is 0. The molecule has 0 radical (unpaired) electrons. The number of anilines is 1. The number of carbonyl (C=O) groups excluding carboxylic acids is 1. The van der Waals surface area contributed by atoms with Crippen LogP contribution in [0.15, 0.2) is 70.5 Å². The average molecular weight is 491 g/mol. The van der Waals surface area contributed by atoms with Crippen molar-refractivity contribution in [1.82, 2.24) is 4.98 Å². The minimum Gasteiger partial charge on any atom is -0.493 e. The number of amides is 1. The van der Waals surface area contributed by atoms with E-state index in [-0.39, 0.29) is 5.91 Å². The van der Waals surface area contributed by atoms with E-state index in [9.17, 15) is 18.0 Å². The fraction of sp³-hybridized carbons (Fsp3) is 0.130. The molecule has 1 aromatic heterocycles. The number of ether oxygens (including phenoxy) is 2. The number of alkyl halides is 3. The number of nitrogens with one attached hydrogen (secondary N) is 1. The first-order valence-corrected chi connectivity index (χ1v) is 11.2. The minimum absolute atomic E-state index is 0.372. The number of methoxy groups -OCH3 is 2. The molecule has 3 aromatic carbocycles. The van der Waals surface area contributed by atoms with Gasteiger partial charge in [0.2, 0.25) is 0 Å². The van der Waals surface area contributed by atoms with Crippen molar-refractivity contribution in [2.45, 2.75) is 16.0 Å². The fourth-order valence-electron chi connectivity index (χ4n) is 3.06. The minimum atomic E-state index is -4.40. The van der Waals surface area contributed by atoms with Crippen LogP contribution in [0, 0.1) is 0 Å². The van der Waals surface area contributed by atoms with E-state index in [1.807, 2.05) is 0 Å². The lowest BCUT2D eigenvalue weighted by molar-refractivity contribution is -0.137. The van der Waals surface area contributed by atoms with Crippen molar-refractivity contribution in [3.8, 4) is 11.5 Å². The quantitative estimate of drug-likeness (QED) is 0.325. The lowest BCUT2D eigenvalue weighted by Crippen LogP contribution is -2.12. The molecule has 0 aliphatic heterocycles. The molecule has 0 unspecified atom stereocenters. The molecule has 4 aromatic rings. The Morgan fingerprint density at radius 1 is 1.00 bits per heavy atom. The molecule has 1 heterocycles. The molecule has 33 heavy (non-hydrogen) atoms. The van der Waals surface area contributed by atoms with Gasteiger partial charge in [-0.25, -0.2) is 4.98 Å². The largest absolute Gasteiger partial charge is 0.493 e. The van der Waals surface area contributed by atoms with Crippen molar-refractivity contribution < 1.29 is 27.4 Å². The summed E-state index contributed by atoms with van der Waals surface area (Å²) < 4.78 is 49.8. The van der Waals surface area contributed by atoms with Gasteiger partial charge < -0.3 is 9.47 Å². The van der Waals surface area contributed by atoms with E-state index >= 15 is 0 Å². The van der Waals surface area contributed by atoms with Crippen LogP contribution in [0.25, 0.3) is 10.2 Å². The number of rotatable bonds is 6. The van der Waals surface area contributed by atoms with Crippen molar-refractivity contribution in [1.29, 1.82) is 0 Å². The lowest BCUT2D eigenvalue weighted by atomic mass is 10.2. The number of fused-ring (bicyclic) bond motifs is 1. The Kier molecular flexibility index (Phi) is 6.48. The van der Waals surface area contributed by atoms with E-state index in [1.54, 1.807) is 43.5 Å². The summed E-state index contributed by atoms with van der Waals surface area (Å²) in [6.07, 6.45) is -4.40. The molecule has 0 saturated heterocycles. The summed E-state index contributed by atoms with van der Waals surface area (Å²) in [4.78, 5) is 18.6. The number of hydrogen-bond acceptors (Lipinski definition) is 6. The van der Waals surface area contributed by atoms with Gasteiger partial charge in [0.15, 0.2) is 16.6 Å². The summed E-state index contributed by atoms with van der Waals surface area (Å²) >= 11 is 2.50. The van der Waals surface area contributed by atoms with Gasteiger partial charge in [-0.15, -0.1) is 0 Å². The van der Waals surface area contributed by atoms with Crippen LogP contribution in [0.1, 0.15) is 15.9 Å². The fourth-order valence-corrected chi connectivity index (χ4v) is 4.87. The maximum absolute atomic E-state index is 13.0. The summed E-state index contributed by atoms with van der Waals surface area (Å²) in [7, 11) is 3.07. The standard InChI is InChI=1S/C23H17F3N2O3S2/c1-30-17-11-16-20(12-18(17)31-2)33-22(27-16)28-21(29)15-5-3-4-6-19(15)32-14-9-7-13(8-10-14)23(24,25)26/h3-12H,1-2H3,(H,27,28,29). The Labute approximate surface area is 195 Å². The molecule has 0 aliphatic rings. The van der Waals surface area contributed by atoms with Crippen LogP contribution in [-0.2, 0) is 6.18 Å². The number of nitrogens with zero attached hydrogens (tertiary/aromatic N) is 1. The van der Waals surface area contributed by atoms with Crippen LogP contribution in [0.3, 0.4) is 0 Å². The second-order valence-electron chi connectivity index (χ2n) is 6.77. The van der Waals surface area contributed by atoms with Crippen LogP contribution < -0.4 is 14.8 Å². The number of aromatic nitrogens is 1. The van der Waals surface area contributed by atoms with Crippen molar-refractivity contribution in [3.05, 3.63) is 71.8 Å². The van der Waals surface area contributed by atoms with Crippen molar-refractivity contribution >= 4 is 44.4 Å². The predicted octanol–water partition coefficient (Wildman–Crippen LogP) is 6.74. The summed E-state index contributed by atoms with van der Waals surface area (Å²) in [5.41, 5.74) is 0.319. The van der Waals surface area contributed by atoms with Crippen LogP contribution >= 0.6 is 23.1 Å². The van der Waals surface area contributed by atoms with Gasteiger partial charge in [0.1, 0.15) is 0 Å². The van der Waals surface area contributed by atoms with Crippen molar-refractivity contribution in [3.63, 3.8) is 0 Å². The number of thiazole rings is 1. The molecule has 5 nitrogen and oxygen atoms in total. The third kappa shape index (κ3) is 5.07. The number of halogens is 3. The Morgan fingerprint density at radius 2 is 1.67 bits per heavy atom. The molecule has 4 rings (SSSR count). The molecule has 0 fully saturated rings. The Hall–Kier alpha value is -3.24. The second-order valence-corrected chi connectivity index (χ2v) is 8.91. The highest BCUT2D eigenvalue weighted by molar-refractivity contribution is 7.99. The zero-order valence-electron chi connectivity index (χ0n) is 17.4. The van der Waals surface area contributed by atoms with Gasteiger partial charge in [0, 0.05) is 21.9 Å². The molecule has 0 saturated carbocycles. The van der Waals surface area contributed by atoms with Gasteiger partial charge in [-0.3, -0.25) is 10.1 Å². The number of benzene rings is 3. The van der Waals surface area contributed by atoms with Gasteiger partial charge in [-0.2, -0.15) is 13.2 Å². The Balaban J connectivity index is 1.56. The molecule has 170 valence electrons. The normalized spacial score (nSPS) is 11.4. The molecule has 0 spiro atoms. The lowest BCUT2D eigenvalue weighted by Gasteiger charge is -2.10. The van der Waals surface area contributed by atoms with E-state index in [2.05, 4.69) is 10.3 Å². The maximum atomic E-state index is 13.0. The topological polar surface area (TPSA) is 60.5 Å². The highest BCUT2D eigenvalue weighted by atomic mass is 32.2. The first kappa shape index (κ1) is 22.9. The van der Waals surface area contributed by atoms with E-state index in [0.29, 0.717) is 37.5 Å². The Morgan fingerprint density at radius 3 is 2.33 bits per heavy atom. The number of hydrogen-bond donors (Lipinski definition) is 1. The maximum Gasteiger partial charge on any atom is 0.416 e. The third-order valence-electron chi connectivity index (χ3n) is 4.66. The summed E-state index contributed by atoms with van der Waals surface area (Å²) in [5.74, 6) is 0.722. The summed E-state index contributed by atoms with van der Waals surface area (Å²) in [6, 6.07) is 15.2. The van der Waals surface area contributed by atoms with Crippen LogP contribution in [0.2, 0.25) is 0 Å². The van der Waals surface area contributed by atoms with Crippen LogP contribution in [-0.4, -0.2) is 25.1 Å². The van der Waals surface area contributed by atoms with E-state index < -0.39 is 11.7 Å². The third-order valence-corrected chi connectivity index (χ3v) is 6.67. The summed E-state index contributed by atoms with van der Waals surface area (Å²) in [5, 5.41) is 3.20. The van der Waals surface area contributed by atoms with Gasteiger partial charge in [0.25, 0.3) is 5.91 Å². The first-order valence-electron chi connectivity index (χ1n) is 9.56. The Bertz CT molecular complexity index is 1260. The zero-order chi connectivity index (χ0) is 23.6. The molecule has 1 N–H and O–H groups in total. The van der Waals surface area contributed by atoms with Crippen molar-refractivity contribution in [2.75, 3.05) is 19.5 Å². The molecule has 0 atom stereocenters. The smallest absolute Gasteiger partial charge is 0.416 e. The second kappa shape index (κ2) is 9.32. The molecule has 0 bridgehead atoms. The highest BCUT2D eigenvalue weighted by Crippen LogP contribution is 2.37. The molecule has 1 amide bonds. The zero-order valence-corrected chi connectivity index (χ0v) is 19.0. The molecular weight excluding hydrogens is 473 g/mol.